The maximum atomic E-state index is 10.5. The minimum Gasteiger partial charge on any atom is -0.480 e. The van der Waals surface area contributed by atoms with E-state index in [1.807, 2.05) is 35.9 Å². The van der Waals surface area contributed by atoms with E-state index < -0.39 is 5.60 Å². The highest BCUT2D eigenvalue weighted by atomic mass is 16.5. The molecule has 0 saturated heterocycles. The number of nitrogens with zero attached hydrogens (tertiary/aromatic N) is 5. The summed E-state index contributed by atoms with van der Waals surface area (Å²) in [6, 6.07) is 4.16. The number of aromatic amines is 1. The Kier molecular flexibility index (Phi) is 4.54. The van der Waals surface area contributed by atoms with E-state index >= 15 is 0 Å². The fraction of sp³-hybridized carbons (Fsp3) is 0.429. The summed E-state index contributed by atoms with van der Waals surface area (Å²) in [6.45, 7) is 2.04. The van der Waals surface area contributed by atoms with Crippen LogP contribution in [-0.2, 0) is 0 Å². The molecule has 3 N–H and O–H groups in total. The molecule has 156 valence electrons. The van der Waals surface area contributed by atoms with Crippen molar-refractivity contribution in [2.45, 2.75) is 50.7 Å². The van der Waals surface area contributed by atoms with Gasteiger partial charge in [-0.25, -0.2) is 0 Å². The molecule has 9 nitrogen and oxygen atoms in total. The molecule has 5 rings (SSSR count). The molecular formula is C21H25N7O2. The van der Waals surface area contributed by atoms with Gasteiger partial charge in [-0.15, -0.1) is 10.2 Å². The molecule has 0 bridgehead atoms. The predicted molar refractivity (Wildman–Crippen MR) is 114 cm³/mol. The standard InChI is InChI=1S/C21H25N7O2/c1-3-21(29)8-6-14(7-9-21)24-20-25-18-17(19(26-20)30-2)15(10-22-18)13-4-5-16-27-23-12-28(16)11-13/h4-5,10-12,14,29H,3,6-9H2,1-2H3,(H2,22,24,25,26). The van der Waals surface area contributed by atoms with Crippen LogP contribution in [0.2, 0.25) is 0 Å². The number of fused-ring (bicyclic) bond motifs is 2. The van der Waals surface area contributed by atoms with Crippen LogP contribution in [0.3, 0.4) is 0 Å². The first-order valence-corrected chi connectivity index (χ1v) is 10.3. The highest BCUT2D eigenvalue weighted by Crippen LogP contribution is 2.35. The summed E-state index contributed by atoms with van der Waals surface area (Å²) in [5.74, 6) is 1.05. The van der Waals surface area contributed by atoms with Crippen LogP contribution in [0.15, 0.2) is 30.9 Å². The molecule has 1 aliphatic rings. The van der Waals surface area contributed by atoms with Crippen LogP contribution in [0.4, 0.5) is 5.95 Å². The van der Waals surface area contributed by atoms with Gasteiger partial charge in [0.15, 0.2) is 5.65 Å². The van der Waals surface area contributed by atoms with Gasteiger partial charge in [-0.2, -0.15) is 9.97 Å². The predicted octanol–water partition coefficient (Wildman–Crippen LogP) is 3.17. The number of aliphatic hydroxyl groups is 1. The highest BCUT2D eigenvalue weighted by Gasteiger charge is 2.31. The quantitative estimate of drug-likeness (QED) is 0.466. The Hall–Kier alpha value is -3.20. The zero-order valence-electron chi connectivity index (χ0n) is 17.1. The Labute approximate surface area is 173 Å². The van der Waals surface area contributed by atoms with Crippen molar-refractivity contribution >= 4 is 22.6 Å². The zero-order chi connectivity index (χ0) is 20.7. The Balaban J connectivity index is 1.46. The second-order valence-corrected chi connectivity index (χ2v) is 7.99. The molecule has 4 heterocycles. The van der Waals surface area contributed by atoms with Crippen LogP contribution < -0.4 is 10.1 Å². The number of hydrogen-bond acceptors (Lipinski definition) is 7. The van der Waals surface area contributed by atoms with Crippen molar-refractivity contribution in [2.24, 2.45) is 0 Å². The monoisotopic (exact) mass is 407 g/mol. The van der Waals surface area contributed by atoms with Crippen LogP contribution in [0.25, 0.3) is 27.8 Å². The number of hydrogen-bond donors (Lipinski definition) is 3. The largest absolute Gasteiger partial charge is 0.480 e. The molecule has 0 aliphatic heterocycles. The number of methoxy groups -OCH3 is 1. The van der Waals surface area contributed by atoms with Crippen LogP contribution in [0, 0.1) is 0 Å². The molecule has 1 saturated carbocycles. The van der Waals surface area contributed by atoms with Gasteiger partial charge in [0, 0.05) is 29.6 Å². The molecule has 0 amide bonds. The highest BCUT2D eigenvalue weighted by molar-refractivity contribution is 5.97. The lowest BCUT2D eigenvalue weighted by Crippen LogP contribution is -2.38. The molecule has 0 aromatic carbocycles. The minimum atomic E-state index is -0.527. The first-order chi connectivity index (χ1) is 14.6. The van der Waals surface area contributed by atoms with E-state index in [0.29, 0.717) is 17.5 Å². The maximum Gasteiger partial charge on any atom is 0.228 e. The van der Waals surface area contributed by atoms with Crippen LogP contribution in [0.1, 0.15) is 39.0 Å². The van der Waals surface area contributed by atoms with E-state index in [1.54, 1.807) is 13.4 Å². The van der Waals surface area contributed by atoms with E-state index in [9.17, 15) is 5.11 Å². The summed E-state index contributed by atoms with van der Waals surface area (Å²) < 4.78 is 7.49. The van der Waals surface area contributed by atoms with Crippen LogP contribution >= 0.6 is 0 Å². The van der Waals surface area contributed by atoms with E-state index in [4.69, 9.17) is 4.74 Å². The lowest BCUT2D eigenvalue weighted by atomic mass is 9.80. The van der Waals surface area contributed by atoms with Gasteiger partial charge in [0.2, 0.25) is 11.8 Å². The number of nitrogens with one attached hydrogen (secondary N) is 2. The van der Waals surface area contributed by atoms with Crippen LogP contribution in [-0.4, -0.2) is 53.4 Å². The Bertz CT molecular complexity index is 1190. The molecule has 1 fully saturated rings. The topological polar surface area (TPSA) is 113 Å². The third-order valence-electron chi connectivity index (χ3n) is 6.20. The smallest absolute Gasteiger partial charge is 0.228 e. The third kappa shape index (κ3) is 3.24. The number of H-pyrrole nitrogens is 1. The second-order valence-electron chi connectivity index (χ2n) is 7.99. The van der Waals surface area contributed by atoms with Gasteiger partial charge in [-0.1, -0.05) is 6.92 Å². The average Bonchev–Trinajstić information content (AvgIpc) is 3.41. The number of ether oxygens (including phenoxy) is 1. The Morgan fingerprint density at radius 1 is 1.30 bits per heavy atom. The fourth-order valence-corrected chi connectivity index (χ4v) is 4.26. The third-order valence-corrected chi connectivity index (χ3v) is 6.20. The van der Waals surface area contributed by atoms with Crippen molar-refractivity contribution in [2.75, 3.05) is 12.4 Å². The van der Waals surface area contributed by atoms with Gasteiger partial charge in [-0.05, 0) is 44.2 Å². The lowest BCUT2D eigenvalue weighted by Gasteiger charge is -2.35. The molecule has 0 radical (unpaired) electrons. The van der Waals surface area contributed by atoms with Crippen molar-refractivity contribution in [1.82, 2.24) is 29.5 Å². The molecule has 0 atom stereocenters. The van der Waals surface area contributed by atoms with Gasteiger partial charge < -0.3 is 20.1 Å². The normalized spacial score (nSPS) is 21.9. The van der Waals surface area contributed by atoms with Crippen molar-refractivity contribution in [3.63, 3.8) is 0 Å². The summed E-state index contributed by atoms with van der Waals surface area (Å²) in [5.41, 5.74) is 2.91. The fourth-order valence-electron chi connectivity index (χ4n) is 4.26. The summed E-state index contributed by atoms with van der Waals surface area (Å²) in [5, 5.41) is 22.7. The number of aromatic nitrogens is 6. The zero-order valence-corrected chi connectivity index (χ0v) is 17.1. The van der Waals surface area contributed by atoms with Gasteiger partial charge in [0.25, 0.3) is 0 Å². The Morgan fingerprint density at radius 2 is 2.13 bits per heavy atom. The van der Waals surface area contributed by atoms with E-state index in [1.165, 1.54) is 0 Å². The van der Waals surface area contributed by atoms with Gasteiger partial charge in [-0.3, -0.25) is 4.40 Å². The number of rotatable bonds is 5. The van der Waals surface area contributed by atoms with Gasteiger partial charge in [0.1, 0.15) is 12.0 Å². The first kappa shape index (κ1) is 18.8. The van der Waals surface area contributed by atoms with Crippen molar-refractivity contribution in [3.8, 4) is 17.0 Å². The van der Waals surface area contributed by atoms with E-state index in [-0.39, 0.29) is 6.04 Å². The number of anilines is 1. The summed E-state index contributed by atoms with van der Waals surface area (Å²) >= 11 is 0. The second kappa shape index (κ2) is 7.24. The minimum absolute atomic E-state index is 0.240. The maximum absolute atomic E-state index is 10.5. The molecule has 1 aliphatic carbocycles. The molecule has 9 heteroatoms. The average molecular weight is 407 g/mol. The summed E-state index contributed by atoms with van der Waals surface area (Å²) in [6.07, 6.45) is 9.72. The molecular weight excluding hydrogens is 382 g/mol. The molecule has 30 heavy (non-hydrogen) atoms. The molecule has 4 aromatic heterocycles. The van der Waals surface area contributed by atoms with Gasteiger partial charge in [0.05, 0.1) is 18.1 Å². The van der Waals surface area contributed by atoms with Crippen molar-refractivity contribution in [3.05, 3.63) is 30.9 Å². The Morgan fingerprint density at radius 3 is 2.90 bits per heavy atom. The number of pyridine rings is 1. The summed E-state index contributed by atoms with van der Waals surface area (Å²) in [4.78, 5) is 12.6. The van der Waals surface area contributed by atoms with Crippen molar-refractivity contribution in [1.29, 1.82) is 0 Å². The van der Waals surface area contributed by atoms with Crippen molar-refractivity contribution < 1.29 is 9.84 Å². The van der Waals surface area contributed by atoms with Gasteiger partial charge >= 0.3 is 0 Å². The van der Waals surface area contributed by atoms with E-state index in [0.717, 1.165) is 54.3 Å². The molecule has 0 spiro atoms. The lowest BCUT2D eigenvalue weighted by molar-refractivity contribution is -0.00198. The van der Waals surface area contributed by atoms with E-state index in [2.05, 4.69) is 30.5 Å². The SMILES string of the molecule is CCC1(O)CCC(Nc2nc(OC)c3c(-c4ccc5nncn5c4)c[nH]c3n2)CC1. The molecule has 4 aromatic rings. The first-order valence-electron chi connectivity index (χ1n) is 10.3. The van der Waals surface area contributed by atoms with Crippen LogP contribution in [0.5, 0.6) is 5.88 Å². The molecule has 0 unspecified atom stereocenters. The summed E-state index contributed by atoms with van der Waals surface area (Å²) in [7, 11) is 1.62.